The molecule has 0 spiro atoms. The molecule has 0 unspecified atom stereocenters. The Bertz CT molecular complexity index is 507. The van der Waals surface area contributed by atoms with Crippen LogP contribution in [0.4, 0.5) is 0 Å². The molecule has 0 aromatic heterocycles. The van der Waals surface area contributed by atoms with Crippen LogP contribution in [0.5, 0.6) is 0 Å². The van der Waals surface area contributed by atoms with Crippen LogP contribution in [0.25, 0.3) is 0 Å². The Kier molecular flexibility index (Phi) is 12.6. The van der Waals surface area contributed by atoms with Gasteiger partial charge in [0.2, 0.25) is 0 Å². The second kappa shape index (κ2) is 11.8. The zero-order chi connectivity index (χ0) is 14.1. The third-order valence-corrected chi connectivity index (χ3v) is 3.52. The molecule has 121 valence electrons. The Balaban J connectivity index is 0. The van der Waals surface area contributed by atoms with E-state index < -0.39 is 10.1 Å². The predicted molar refractivity (Wildman–Crippen MR) is 81.4 cm³/mol. The van der Waals surface area contributed by atoms with E-state index >= 15 is 0 Å². The minimum Gasteiger partial charge on any atom is -0.412 e. The molecule has 0 atom stereocenters. The summed E-state index contributed by atoms with van der Waals surface area (Å²) in [4.78, 5) is -0.0666. The molecule has 21 heavy (non-hydrogen) atoms. The van der Waals surface area contributed by atoms with Gasteiger partial charge in [0.05, 0.1) is 4.90 Å². The van der Waals surface area contributed by atoms with Crippen molar-refractivity contribution < 1.29 is 37.9 Å². The van der Waals surface area contributed by atoms with Gasteiger partial charge in [0.1, 0.15) is 0 Å². The average molecular weight is 401 g/mol. The van der Waals surface area contributed by atoms with Crippen molar-refractivity contribution in [2.24, 2.45) is 0 Å². The number of hydrogen-bond acceptors (Lipinski definition) is 2. The van der Waals surface area contributed by atoms with Gasteiger partial charge in [0.25, 0.3) is 10.1 Å². The minimum atomic E-state index is -4.02. The molecule has 0 heterocycles. The normalized spacial score (nSPS) is 16.7. The fourth-order valence-electron chi connectivity index (χ4n) is 1.57. The van der Waals surface area contributed by atoms with Gasteiger partial charge in [-0.05, 0) is 44.7 Å². The standard InChI is InChI=1S/C8H12.C7H8O3S.H2O.Rh/c1-2-4-6-8-7-5-3-1;1-6-2-4-7(5-3-6)11(8,9)10;;/h1-2,7-8H,3-6H2;2-5H,1H3,(H,8,9,10);1H2;/b2-1-,8-7-;;;. The summed E-state index contributed by atoms with van der Waals surface area (Å²) >= 11 is 0. The number of hydrogen-bond donors (Lipinski definition) is 1. The third-order valence-electron chi connectivity index (χ3n) is 2.65. The van der Waals surface area contributed by atoms with Gasteiger partial charge in [-0.3, -0.25) is 4.55 Å². The van der Waals surface area contributed by atoms with Gasteiger partial charge < -0.3 is 5.48 Å². The average Bonchev–Trinajstić information content (AvgIpc) is 2.28. The molecule has 1 radical (unpaired) electrons. The van der Waals surface area contributed by atoms with E-state index in [9.17, 15) is 8.42 Å². The quantitative estimate of drug-likeness (QED) is 0.446. The van der Waals surface area contributed by atoms with E-state index in [2.05, 4.69) is 24.3 Å². The minimum absolute atomic E-state index is 0. The number of aryl methyl sites for hydroxylation is 1. The molecule has 0 saturated carbocycles. The largest absolute Gasteiger partial charge is 0.412 e. The molecule has 0 saturated heterocycles. The van der Waals surface area contributed by atoms with Crippen molar-refractivity contribution in [2.45, 2.75) is 37.5 Å². The summed E-state index contributed by atoms with van der Waals surface area (Å²) in [5.41, 5.74) is 0.956. The van der Waals surface area contributed by atoms with Crippen molar-refractivity contribution in [1.29, 1.82) is 0 Å². The summed E-state index contributed by atoms with van der Waals surface area (Å²) in [5.74, 6) is 0. The third kappa shape index (κ3) is 10.5. The molecule has 6 heteroatoms. The summed E-state index contributed by atoms with van der Waals surface area (Å²) in [5, 5.41) is 0. The molecule has 3 N–H and O–H groups in total. The zero-order valence-electron chi connectivity index (χ0n) is 12.0. The van der Waals surface area contributed by atoms with E-state index in [-0.39, 0.29) is 29.8 Å². The molecule has 0 aliphatic heterocycles. The van der Waals surface area contributed by atoms with Crippen LogP contribution in [0.2, 0.25) is 0 Å². The maximum Gasteiger partial charge on any atom is 0.294 e. The molecule has 0 fully saturated rings. The van der Waals surface area contributed by atoms with Crippen LogP contribution in [-0.2, 0) is 29.6 Å². The van der Waals surface area contributed by atoms with Crippen molar-refractivity contribution in [3.63, 3.8) is 0 Å². The van der Waals surface area contributed by atoms with Crippen molar-refractivity contribution in [1.82, 2.24) is 0 Å². The zero-order valence-corrected chi connectivity index (χ0v) is 14.4. The Hall–Kier alpha value is -0.807. The number of rotatable bonds is 1. The van der Waals surface area contributed by atoms with Gasteiger partial charge in [0, 0.05) is 19.5 Å². The monoisotopic (exact) mass is 401 g/mol. The van der Waals surface area contributed by atoms with Crippen LogP contribution in [-0.4, -0.2) is 18.4 Å². The van der Waals surface area contributed by atoms with Crippen LogP contribution in [0.3, 0.4) is 0 Å². The first-order valence-electron chi connectivity index (χ1n) is 6.34. The fraction of sp³-hybridized carbons (Fsp3) is 0.333. The van der Waals surface area contributed by atoms with Gasteiger partial charge in [0.15, 0.2) is 0 Å². The molecular weight excluding hydrogens is 379 g/mol. The topological polar surface area (TPSA) is 85.9 Å². The van der Waals surface area contributed by atoms with E-state index in [1.165, 1.54) is 37.8 Å². The predicted octanol–water partition coefficient (Wildman–Crippen LogP) is 3.09. The fourth-order valence-corrected chi connectivity index (χ4v) is 2.05. The summed E-state index contributed by atoms with van der Waals surface area (Å²) in [7, 11) is -4.02. The smallest absolute Gasteiger partial charge is 0.294 e. The van der Waals surface area contributed by atoms with Crippen molar-refractivity contribution in [2.75, 3.05) is 0 Å². The molecule has 1 aromatic rings. The SMILES string of the molecule is C1=C\CC/C=C\CC/1.Cc1ccc(S(=O)(=O)O)cc1.O.[Rh]. The second-order valence-corrected chi connectivity index (χ2v) is 5.81. The first-order valence-corrected chi connectivity index (χ1v) is 7.78. The summed E-state index contributed by atoms with van der Waals surface area (Å²) < 4.78 is 29.6. The molecular formula is C15H22O4RhS. The summed E-state index contributed by atoms with van der Waals surface area (Å²) in [6, 6.07) is 5.99. The molecule has 1 aromatic carbocycles. The molecule has 4 nitrogen and oxygen atoms in total. The summed E-state index contributed by atoms with van der Waals surface area (Å²) in [6.45, 7) is 1.84. The van der Waals surface area contributed by atoms with E-state index in [1.807, 2.05) is 6.92 Å². The van der Waals surface area contributed by atoms with Crippen molar-refractivity contribution >= 4 is 10.1 Å². The van der Waals surface area contributed by atoms with Crippen LogP contribution in [0.15, 0.2) is 53.5 Å². The van der Waals surface area contributed by atoms with E-state index in [0.717, 1.165) is 5.56 Å². The Morgan fingerprint density at radius 1 is 0.857 bits per heavy atom. The van der Waals surface area contributed by atoms with Gasteiger partial charge in [-0.15, -0.1) is 0 Å². The van der Waals surface area contributed by atoms with Crippen LogP contribution >= 0.6 is 0 Å². The Morgan fingerprint density at radius 2 is 1.19 bits per heavy atom. The number of allylic oxidation sites excluding steroid dienone is 4. The van der Waals surface area contributed by atoms with E-state index in [4.69, 9.17) is 4.55 Å². The maximum atomic E-state index is 10.5. The number of benzene rings is 1. The Labute approximate surface area is 139 Å². The van der Waals surface area contributed by atoms with Gasteiger partial charge in [-0.25, -0.2) is 0 Å². The summed E-state index contributed by atoms with van der Waals surface area (Å²) in [6.07, 6.45) is 14.0. The maximum absolute atomic E-state index is 10.5. The van der Waals surface area contributed by atoms with Crippen molar-refractivity contribution in [3.8, 4) is 0 Å². The molecule has 1 aliphatic carbocycles. The van der Waals surface area contributed by atoms with E-state index in [1.54, 1.807) is 12.1 Å². The molecule has 0 bridgehead atoms. The first-order chi connectivity index (χ1) is 9.00. The molecule has 1 aliphatic rings. The van der Waals surface area contributed by atoms with Gasteiger partial charge >= 0.3 is 0 Å². The second-order valence-electron chi connectivity index (χ2n) is 4.39. The molecule has 0 amide bonds. The van der Waals surface area contributed by atoms with Crippen LogP contribution in [0, 0.1) is 6.92 Å². The van der Waals surface area contributed by atoms with Gasteiger partial charge in [-0.2, -0.15) is 8.42 Å². The van der Waals surface area contributed by atoms with Crippen LogP contribution < -0.4 is 0 Å². The van der Waals surface area contributed by atoms with Gasteiger partial charge in [-0.1, -0.05) is 42.0 Å². The van der Waals surface area contributed by atoms with E-state index in [0.29, 0.717) is 0 Å². The Morgan fingerprint density at radius 3 is 1.48 bits per heavy atom. The van der Waals surface area contributed by atoms with Crippen molar-refractivity contribution in [3.05, 3.63) is 54.1 Å². The first kappa shape index (κ1) is 22.5. The van der Waals surface area contributed by atoms with Crippen LogP contribution in [0.1, 0.15) is 31.2 Å². The molecule has 2 rings (SSSR count).